The molecule has 6 heteroatoms. The molecule has 1 aliphatic rings. The van der Waals surface area contributed by atoms with Gasteiger partial charge in [0, 0.05) is 19.5 Å². The van der Waals surface area contributed by atoms with Crippen molar-refractivity contribution in [2.24, 2.45) is 0 Å². The van der Waals surface area contributed by atoms with Crippen molar-refractivity contribution >= 4 is 29.0 Å². The lowest BCUT2D eigenvalue weighted by Crippen LogP contribution is -2.25. The van der Waals surface area contributed by atoms with Gasteiger partial charge < -0.3 is 4.90 Å². The maximum Gasteiger partial charge on any atom is 0.266 e. The number of carbonyl (C=O) groups is 1. The van der Waals surface area contributed by atoms with Gasteiger partial charge in [-0.3, -0.25) is 14.2 Å². The van der Waals surface area contributed by atoms with Crippen LogP contribution in [0.4, 0.5) is 0 Å². The zero-order chi connectivity index (χ0) is 23.5. The van der Waals surface area contributed by atoms with Crippen molar-refractivity contribution in [2.45, 2.75) is 19.4 Å². The van der Waals surface area contributed by atoms with Gasteiger partial charge in [-0.25, -0.2) is 4.98 Å². The fourth-order valence-electron chi connectivity index (χ4n) is 4.24. The molecule has 3 aromatic carbocycles. The average Bonchev–Trinajstić information content (AvgIpc) is 3.27. The molecule has 5 rings (SSSR count). The standard InChI is InChI=1S/C28H22N4O2/c29-18-21-12-10-20(11-13-21)14-15-26-30-25-8-2-1-7-24(25)28(34)32(26)23-6-3-5-22(17-23)19-31-16-4-9-27(31)33/h1-3,5-8,10-15,17H,4,9,16,19H2/b15-14+. The van der Waals surface area contributed by atoms with E-state index in [2.05, 4.69) is 6.07 Å². The smallest absolute Gasteiger partial charge is 0.266 e. The maximum atomic E-state index is 13.5. The number of carbonyl (C=O) groups excluding carboxylic acids is 1. The van der Waals surface area contributed by atoms with Gasteiger partial charge in [-0.1, -0.05) is 42.5 Å². The second-order valence-electron chi connectivity index (χ2n) is 8.28. The van der Waals surface area contributed by atoms with Crippen molar-refractivity contribution in [3.8, 4) is 11.8 Å². The summed E-state index contributed by atoms with van der Waals surface area (Å²) in [4.78, 5) is 32.2. The molecule has 0 atom stereocenters. The molecular formula is C28H22N4O2. The van der Waals surface area contributed by atoms with Crippen LogP contribution < -0.4 is 5.56 Å². The fourth-order valence-corrected chi connectivity index (χ4v) is 4.24. The number of hydrogen-bond donors (Lipinski definition) is 0. The van der Waals surface area contributed by atoms with Crippen molar-refractivity contribution in [3.05, 3.63) is 106 Å². The third kappa shape index (κ3) is 4.24. The minimum absolute atomic E-state index is 0.153. The lowest BCUT2D eigenvalue weighted by molar-refractivity contribution is -0.128. The number of fused-ring (bicyclic) bond motifs is 1. The zero-order valence-corrected chi connectivity index (χ0v) is 18.5. The van der Waals surface area contributed by atoms with Crippen molar-refractivity contribution in [2.75, 3.05) is 6.54 Å². The Morgan fingerprint density at radius 1 is 0.971 bits per heavy atom. The van der Waals surface area contributed by atoms with E-state index >= 15 is 0 Å². The summed E-state index contributed by atoms with van der Waals surface area (Å²) >= 11 is 0. The Hall–Kier alpha value is -4.50. The van der Waals surface area contributed by atoms with Gasteiger partial charge in [-0.2, -0.15) is 5.26 Å². The van der Waals surface area contributed by atoms with Crippen LogP contribution in [-0.4, -0.2) is 26.9 Å². The Bertz CT molecular complexity index is 1510. The summed E-state index contributed by atoms with van der Waals surface area (Å²) in [6.45, 7) is 1.29. The highest BCUT2D eigenvalue weighted by Gasteiger charge is 2.20. The van der Waals surface area contributed by atoms with Gasteiger partial charge in [0.1, 0.15) is 5.82 Å². The number of nitrogens with zero attached hydrogens (tertiary/aromatic N) is 4. The number of nitriles is 1. The molecule has 0 saturated carbocycles. The molecule has 0 N–H and O–H groups in total. The first-order valence-corrected chi connectivity index (χ1v) is 11.2. The van der Waals surface area contributed by atoms with Crippen LogP contribution >= 0.6 is 0 Å². The van der Waals surface area contributed by atoms with Gasteiger partial charge in [0.25, 0.3) is 5.56 Å². The Morgan fingerprint density at radius 3 is 2.56 bits per heavy atom. The molecule has 2 heterocycles. The van der Waals surface area contributed by atoms with Crippen LogP contribution in [0.15, 0.2) is 77.6 Å². The first kappa shape index (κ1) is 21.4. The number of aromatic nitrogens is 2. The van der Waals surface area contributed by atoms with Crippen LogP contribution in [0.25, 0.3) is 28.7 Å². The second-order valence-corrected chi connectivity index (χ2v) is 8.28. The Morgan fingerprint density at radius 2 is 1.79 bits per heavy atom. The number of para-hydroxylation sites is 1. The molecule has 0 bridgehead atoms. The molecule has 1 aromatic heterocycles. The molecule has 1 fully saturated rings. The van der Waals surface area contributed by atoms with Gasteiger partial charge >= 0.3 is 0 Å². The highest BCUT2D eigenvalue weighted by molar-refractivity contribution is 5.80. The quantitative estimate of drug-likeness (QED) is 0.451. The molecule has 166 valence electrons. The lowest BCUT2D eigenvalue weighted by atomic mass is 10.1. The molecule has 0 spiro atoms. The molecule has 6 nitrogen and oxygen atoms in total. The zero-order valence-electron chi connectivity index (χ0n) is 18.5. The number of likely N-dealkylation sites (tertiary alicyclic amines) is 1. The summed E-state index contributed by atoms with van der Waals surface area (Å²) < 4.78 is 1.61. The number of amides is 1. The van der Waals surface area contributed by atoms with Gasteiger partial charge in [0.05, 0.1) is 28.2 Å². The molecule has 0 unspecified atom stereocenters. The van der Waals surface area contributed by atoms with Crippen LogP contribution in [-0.2, 0) is 11.3 Å². The number of benzene rings is 3. The minimum atomic E-state index is -0.153. The van der Waals surface area contributed by atoms with E-state index in [0.29, 0.717) is 40.9 Å². The van der Waals surface area contributed by atoms with Gasteiger partial charge in [0.15, 0.2) is 0 Å². The SMILES string of the molecule is N#Cc1ccc(/C=C/c2nc3ccccc3c(=O)n2-c2cccc(CN3CCCC3=O)c2)cc1. The van der Waals surface area contributed by atoms with E-state index < -0.39 is 0 Å². The monoisotopic (exact) mass is 446 g/mol. The van der Waals surface area contributed by atoms with Gasteiger partial charge in [0.2, 0.25) is 5.91 Å². The first-order valence-electron chi connectivity index (χ1n) is 11.2. The van der Waals surface area contributed by atoms with E-state index in [1.165, 1.54) is 0 Å². The summed E-state index contributed by atoms with van der Waals surface area (Å²) in [6, 6.07) is 24.3. The topological polar surface area (TPSA) is 79.0 Å². The van der Waals surface area contributed by atoms with Crippen LogP contribution in [0.5, 0.6) is 0 Å². The van der Waals surface area contributed by atoms with E-state index in [9.17, 15) is 9.59 Å². The Balaban J connectivity index is 1.59. The third-order valence-electron chi connectivity index (χ3n) is 5.98. The van der Waals surface area contributed by atoms with E-state index in [4.69, 9.17) is 10.2 Å². The molecular weight excluding hydrogens is 424 g/mol. The summed E-state index contributed by atoms with van der Waals surface area (Å²) in [5.41, 5.74) is 3.63. The molecule has 1 amide bonds. The Labute approximate surface area is 197 Å². The highest BCUT2D eigenvalue weighted by Crippen LogP contribution is 2.19. The normalized spacial score (nSPS) is 13.6. The van der Waals surface area contributed by atoms with Crippen LogP contribution in [0, 0.1) is 11.3 Å². The summed E-state index contributed by atoms with van der Waals surface area (Å²) in [6.07, 6.45) is 5.17. The predicted octanol–water partition coefficient (Wildman–Crippen LogP) is 4.55. The van der Waals surface area contributed by atoms with E-state index in [0.717, 1.165) is 24.1 Å². The molecule has 0 aliphatic carbocycles. The van der Waals surface area contributed by atoms with Gasteiger partial charge in [-0.15, -0.1) is 0 Å². The maximum absolute atomic E-state index is 13.5. The summed E-state index contributed by atoms with van der Waals surface area (Å²) in [5, 5.41) is 9.56. The Kier molecular flexibility index (Phi) is 5.75. The number of hydrogen-bond acceptors (Lipinski definition) is 4. The van der Waals surface area contributed by atoms with Crippen LogP contribution in [0.1, 0.15) is 35.4 Å². The van der Waals surface area contributed by atoms with E-state index in [1.807, 2.05) is 71.6 Å². The molecule has 4 aromatic rings. The van der Waals surface area contributed by atoms with Crippen LogP contribution in [0.2, 0.25) is 0 Å². The van der Waals surface area contributed by atoms with Crippen molar-refractivity contribution in [3.63, 3.8) is 0 Å². The fraction of sp³-hybridized carbons (Fsp3) is 0.143. The summed E-state index contributed by atoms with van der Waals surface area (Å²) in [5.74, 6) is 0.670. The largest absolute Gasteiger partial charge is 0.338 e. The first-order chi connectivity index (χ1) is 16.6. The molecule has 1 aliphatic heterocycles. The van der Waals surface area contributed by atoms with E-state index in [1.54, 1.807) is 22.8 Å². The molecule has 34 heavy (non-hydrogen) atoms. The second kappa shape index (κ2) is 9.16. The minimum Gasteiger partial charge on any atom is -0.338 e. The highest BCUT2D eigenvalue weighted by atomic mass is 16.2. The lowest BCUT2D eigenvalue weighted by Gasteiger charge is -2.17. The average molecular weight is 447 g/mol. The third-order valence-corrected chi connectivity index (χ3v) is 5.98. The number of rotatable bonds is 5. The molecule has 1 saturated heterocycles. The van der Waals surface area contributed by atoms with Crippen molar-refractivity contribution < 1.29 is 4.79 Å². The predicted molar refractivity (Wildman–Crippen MR) is 132 cm³/mol. The summed E-state index contributed by atoms with van der Waals surface area (Å²) in [7, 11) is 0. The van der Waals surface area contributed by atoms with Crippen LogP contribution in [0.3, 0.4) is 0 Å². The molecule has 0 radical (unpaired) electrons. The van der Waals surface area contributed by atoms with Gasteiger partial charge in [-0.05, 0) is 60.0 Å². The van der Waals surface area contributed by atoms with Crippen molar-refractivity contribution in [1.29, 1.82) is 5.26 Å². The van der Waals surface area contributed by atoms with Crippen molar-refractivity contribution in [1.82, 2.24) is 14.5 Å². The van der Waals surface area contributed by atoms with E-state index in [-0.39, 0.29) is 11.5 Å².